The highest BCUT2D eigenvalue weighted by molar-refractivity contribution is 6.30. The van der Waals surface area contributed by atoms with Gasteiger partial charge >= 0.3 is 0 Å². The molecule has 0 radical (unpaired) electrons. The number of pyridine rings is 1. The number of hydrogen-bond donors (Lipinski definition) is 0. The molecule has 3 aromatic heterocycles. The molecule has 2 saturated heterocycles. The summed E-state index contributed by atoms with van der Waals surface area (Å²) in [5.41, 5.74) is 1.46. The SMILES string of the molecule is O=C1CC2(CCN(c3cnc4cnn(CC(F)F)c4n3)CC2)CN1c1cncc(Cl)c1. The van der Waals surface area contributed by atoms with Gasteiger partial charge in [-0.25, -0.2) is 23.4 Å². The zero-order valence-corrected chi connectivity index (χ0v) is 17.3. The quantitative estimate of drug-likeness (QED) is 0.611. The zero-order valence-electron chi connectivity index (χ0n) is 16.6. The summed E-state index contributed by atoms with van der Waals surface area (Å²) in [7, 11) is 0. The molecule has 0 unspecified atom stereocenters. The van der Waals surface area contributed by atoms with Gasteiger partial charge in [-0.1, -0.05) is 11.6 Å². The maximum absolute atomic E-state index is 12.8. The molecule has 0 bridgehead atoms. The predicted molar refractivity (Wildman–Crippen MR) is 111 cm³/mol. The Morgan fingerprint density at radius 3 is 2.71 bits per heavy atom. The molecular weight excluding hydrogens is 428 g/mol. The standard InChI is InChI=1S/C20H20ClF2N7O/c21-13-5-14(8-24-7-13)29-12-20(6-18(29)31)1-3-28(4-2-20)17-10-25-15-9-26-30(11-16(22)23)19(15)27-17/h5,7-10,16H,1-4,6,11-12H2. The Hall–Kier alpha value is -2.88. The minimum Gasteiger partial charge on any atom is -0.355 e. The van der Waals surface area contributed by atoms with Gasteiger partial charge in [0.05, 0.1) is 29.3 Å². The van der Waals surface area contributed by atoms with Crippen LogP contribution in [-0.4, -0.2) is 56.7 Å². The van der Waals surface area contributed by atoms with Crippen LogP contribution in [0.5, 0.6) is 0 Å². The first-order valence-corrected chi connectivity index (χ1v) is 10.4. The van der Waals surface area contributed by atoms with E-state index in [4.69, 9.17) is 11.6 Å². The van der Waals surface area contributed by atoms with Crippen molar-refractivity contribution in [2.75, 3.05) is 29.4 Å². The Morgan fingerprint density at radius 1 is 1.16 bits per heavy atom. The highest BCUT2D eigenvalue weighted by atomic mass is 35.5. The van der Waals surface area contributed by atoms with Gasteiger partial charge in [0.15, 0.2) is 5.65 Å². The summed E-state index contributed by atoms with van der Waals surface area (Å²) in [5, 5.41) is 4.47. The van der Waals surface area contributed by atoms with E-state index in [1.807, 2.05) is 0 Å². The van der Waals surface area contributed by atoms with E-state index in [1.165, 1.54) is 10.9 Å². The Labute approximate surface area is 181 Å². The fourth-order valence-electron chi connectivity index (χ4n) is 4.48. The first kappa shape index (κ1) is 20.0. The van der Waals surface area contributed by atoms with Gasteiger partial charge in [-0.3, -0.25) is 9.78 Å². The minimum atomic E-state index is -2.51. The summed E-state index contributed by atoms with van der Waals surface area (Å²) in [6, 6.07) is 1.76. The summed E-state index contributed by atoms with van der Waals surface area (Å²) >= 11 is 6.04. The minimum absolute atomic E-state index is 0.0784. The predicted octanol–water partition coefficient (Wildman–Crippen LogP) is 3.16. The number of anilines is 2. The first-order chi connectivity index (χ1) is 14.9. The van der Waals surface area contributed by atoms with Crippen LogP contribution in [0.4, 0.5) is 20.3 Å². The first-order valence-electron chi connectivity index (χ1n) is 10.1. The van der Waals surface area contributed by atoms with Gasteiger partial charge in [0.1, 0.15) is 17.9 Å². The zero-order chi connectivity index (χ0) is 21.6. The molecule has 162 valence electrons. The number of carbonyl (C=O) groups excluding carboxylic acids is 1. The number of carbonyl (C=O) groups is 1. The van der Waals surface area contributed by atoms with Crippen molar-refractivity contribution in [3.05, 3.63) is 35.9 Å². The van der Waals surface area contributed by atoms with E-state index in [-0.39, 0.29) is 11.3 Å². The normalized spacial score (nSPS) is 18.6. The summed E-state index contributed by atoms with van der Waals surface area (Å²) in [6.07, 6.45) is 5.91. The van der Waals surface area contributed by atoms with Crippen LogP contribution in [0, 0.1) is 5.41 Å². The van der Waals surface area contributed by atoms with E-state index in [0.717, 1.165) is 18.5 Å². The molecule has 2 aliphatic heterocycles. The van der Waals surface area contributed by atoms with Crippen LogP contribution < -0.4 is 9.80 Å². The van der Waals surface area contributed by atoms with Crippen molar-refractivity contribution in [2.45, 2.75) is 32.2 Å². The number of aromatic nitrogens is 5. The monoisotopic (exact) mass is 447 g/mol. The average molecular weight is 448 g/mol. The Kier molecular flexibility index (Phi) is 4.96. The number of nitrogens with zero attached hydrogens (tertiary/aromatic N) is 7. The number of amides is 1. The lowest BCUT2D eigenvalue weighted by atomic mass is 9.77. The van der Waals surface area contributed by atoms with Crippen molar-refractivity contribution in [1.29, 1.82) is 0 Å². The second-order valence-corrected chi connectivity index (χ2v) is 8.60. The third-order valence-electron chi connectivity index (χ3n) is 6.11. The molecule has 5 rings (SSSR count). The van der Waals surface area contributed by atoms with Crippen LogP contribution in [0.25, 0.3) is 11.2 Å². The van der Waals surface area contributed by atoms with Crippen LogP contribution in [0.3, 0.4) is 0 Å². The van der Waals surface area contributed by atoms with Crippen LogP contribution in [0.1, 0.15) is 19.3 Å². The molecule has 0 aromatic carbocycles. The molecule has 3 aromatic rings. The molecule has 0 aliphatic carbocycles. The lowest BCUT2D eigenvalue weighted by Crippen LogP contribution is -2.42. The molecule has 31 heavy (non-hydrogen) atoms. The van der Waals surface area contributed by atoms with Gasteiger partial charge < -0.3 is 9.80 Å². The number of rotatable bonds is 4. The summed E-state index contributed by atoms with van der Waals surface area (Å²) in [5.74, 6) is 0.716. The van der Waals surface area contributed by atoms with Crippen LogP contribution in [0.2, 0.25) is 5.02 Å². The highest BCUT2D eigenvalue weighted by Crippen LogP contribution is 2.43. The summed E-state index contributed by atoms with van der Waals surface area (Å²) < 4.78 is 26.8. The van der Waals surface area contributed by atoms with Gasteiger partial charge in [0.2, 0.25) is 5.91 Å². The second kappa shape index (κ2) is 7.67. The maximum atomic E-state index is 12.8. The van der Waals surface area contributed by atoms with E-state index >= 15 is 0 Å². The number of fused-ring (bicyclic) bond motifs is 1. The van der Waals surface area contributed by atoms with Gasteiger partial charge in [0.25, 0.3) is 6.43 Å². The number of halogens is 3. The van der Waals surface area contributed by atoms with Crippen molar-refractivity contribution >= 4 is 40.2 Å². The van der Waals surface area contributed by atoms with Gasteiger partial charge in [-0.15, -0.1) is 0 Å². The van der Waals surface area contributed by atoms with Crippen LogP contribution in [0.15, 0.2) is 30.9 Å². The summed E-state index contributed by atoms with van der Waals surface area (Å²) in [4.78, 5) is 29.5. The van der Waals surface area contributed by atoms with Crippen LogP contribution >= 0.6 is 11.6 Å². The molecule has 8 nitrogen and oxygen atoms in total. The Balaban J connectivity index is 1.31. The molecule has 1 spiro atoms. The fourth-order valence-corrected chi connectivity index (χ4v) is 4.65. The smallest absolute Gasteiger partial charge is 0.258 e. The number of alkyl halides is 2. The Bertz CT molecular complexity index is 1130. The molecule has 0 atom stereocenters. The van der Waals surface area contributed by atoms with E-state index in [2.05, 4.69) is 25.0 Å². The van der Waals surface area contributed by atoms with E-state index < -0.39 is 13.0 Å². The highest BCUT2D eigenvalue weighted by Gasteiger charge is 2.45. The maximum Gasteiger partial charge on any atom is 0.258 e. The van der Waals surface area contributed by atoms with Gasteiger partial charge in [0, 0.05) is 37.7 Å². The largest absolute Gasteiger partial charge is 0.355 e. The average Bonchev–Trinajstić information content (AvgIpc) is 3.28. The number of hydrogen-bond acceptors (Lipinski definition) is 6. The second-order valence-electron chi connectivity index (χ2n) is 8.16. The lowest BCUT2D eigenvalue weighted by Gasteiger charge is -2.39. The topological polar surface area (TPSA) is 80.0 Å². The Morgan fingerprint density at radius 2 is 1.97 bits per heavy atom. The van der Waals surface area contributed by atoms with Crippen LogP contribution in [-0.2, 0) is 11.3 Å². The molecule has 0 saturated carbocycles. The summed E-state index contributed by atoms with van der Waals surface area (Å²) in [6.45, 7) is 1.53. The number of piperidine rings is 1. The lowest BCUT2D eigenvalue weighted by molar-refractivity contribution is -0.117. The fraction of sp³-hybridized carbons (Fsp3) is 0.450. The van der Waals surface area contributed by atoms with Gasteiger partial charge in [-0.2, -0.15) is 5.10 Å². The van der Waals surface area contributed by atoms with Crippen molar-refractivity contribution in [3.63, 3.8) is 0 Å². The van der Waals surface area contributed by atoms with Crippen molar-refractivity contribution in [3.8, 4) is 0 Å². The molecule has 2 aliphatic rings. The van der Waals surface area contributed by atoms with E-state index in [0.29, 0.717) is 48.1 Å². The molecule has 2 fully saturated rings. The molecule has 11 heteroatoms. The van der Waals surface area contributed by atoms with Crippen molar-refractivity contribution in [1.82, 2.24) is 24.7 Å². The molecular formula is C20H20ClF2N7O. The third kappa shape index (κ3) is 3.80. The molecule has 0 N–H and O–H groups in total. The van der Waals surface area contributed by atoms with E-state index in [1.54, 1.807) is 29.6 Å². The third-order valence-corrected chi connectivity index (χ3v) is 6.32. The van der Waals surface area contributed by atoms with Crippen molar-refractivity contribution < 1.29 is 13.6 Å². The molecule has 5 heterocycles. The van der Waals surface area contributed by atoms with Crippen molar-refractivity contribution in [2.24, 2.45) is 5.41 Å². The van der Waals surface area contributed by atoms with E-state index in [9.17, 15) is 13.6 Å². The van der Waals surface area contributed by atoms with Gasteiger partial charge in [-0.05, 0) is 18.9 Å². The molecule has 1 amide bonds.